The second-order valence-corrected chi connectivity index (χ2v) is 4.37. The summed E-state index contributed by atoms with van der Waals surface area (Å²) in [5.41, 5.74) is 0. The molecule has 0 aromatic carbocycles. The molecule has 0 unspecified atom stereocenters. The molecule has 0 aliphatic carbocycles. The summed E-state index contributed by atoms with van der Waals surface area (Å²) in [7, 11) is 0. The van der Waals surface area contributed by atoms with E-state index >= 15 is 0 Å². The number of piperidine rings is 1. The van der Waals surface area contributed by atoms with Crippen molar-refractivity contribution >= 4 is 6.09 Å². The van der Waals surface area contributed by atoms with Crippen molar-refractivity contribution in [2.24, 2.45) is 0 Å². The standard InChI is InChI=1S/C11H19NO5/c13-11(14)12-3-1-9(2-4-12)17-8-10-7-15-5-6-16-10/h9-10H,1-8H2,(H,13,14)/t10-/m1/s1. The third-order valence-corrected chi connectivity index (χ3v) is 3.12. The molecule has 2 fully saturated rings. The summed E-state index contributed by atoms with van der Waals surface area (Å²) in [5, 5.41) is 8.81. The highest BCUT2D eigenvalue weighted by Crippen LogP contribution is 2.14. The van der Waals surface area contributed by atoms with Crippen molar-refractivity contribution in [2.45, 2.75) is 25.0 Å². The summed E-state index contributed by atoms with van der Waals surface area (Å²) in [4.78, 5) is 12.1. The van der Waals surface area contributed by atoms with Crippen LogP contribution in [0.25, 0.3) is 0 Å². The molecule has 2 aliphatic rings. The minimum atomic E-state index is -0.840. The van der Waals surface area contributed by atoms with Crippen LogP contribution in [0.4, 0.5) is 4.79 Å². The molecule has 2 aliphatic heterocycles. The lowest BCUT2D eigenvalue weighted by molar-refractivity contribution is -0.128. The summed E-state index contributed by atoms with van der Waals surface area (Å²) >= 11 is 0. The number of hydrogen-bond donors (Lipinski definition) is 1. The van der Waals surface area contributed by atoms with Crippen LogP contribution in [-0.2, 0) is 14.2 Å². The number of amides is 1. The Bertz CT molecular complexity index is 246. The van der Waals surface area contributed by atoms with Crippen LogP contribution in [0.15, 0.2) is 0 Å². The van der Waals surface area contributed by atoms with Crippen LogP contribution in [-0.4, -0.2) is 67.8 Å². The molecule has 6 nitrogen and oxygen atoms in total. The molecule has 0 aromatic heterocycles. The zero-order chi connectivity index (χ0) is 12.1. The lowest BCUT2D eigenvalue weighted by atomic mass is 10.1. The van der Waals surface area contributed by atoms with Gasteiger partial charge < -0.3 is 24.2 Å². The molecule has 0 saturated carbocycles. The second kappa shape index (κ2) is 6.18. The first-order chi connectivity index (χ1) is 8.25. The minimum Gasteiger partial charge on any atom is -0.465 e. The molecule has 1 amide bonds. The molecular weight excluding hydrogens is 226 g/mol. The highest BCUT2D eigenvalue weighted by atomic mass is 16.6. The quantitative estimate of drug-likeness (QED) is 0.787. The number of ether oxygens (including phenoxy) is 3. The number of hydrogen-bond acceptors (Lipinski definition) is 4. The van der Waals surface area contributed by atoms with Crippen molar-refractivity contribution in [1.29, 1.82) is 0 Å². The van der Waals surface area contributed by atoms with Crippen molar-refractivity contribution in [3.05, 3.63) is 0 Å². The van der Waals surface area contributed by atoms with E-state index in [0.717, 1.165) is 12.8 Å². The van der Waals surface area contributed by atoms with Crippen molar-refractivity contribution in [3.63, 3.8) is 0 Å². The van der Waals surface area contributed by atoms with Crippen LogP contribution < -0.4 is 0 Å². The van der Waals surface area contributed by atoms with Gasteiger partial charge in [-0.2, -0.15) is 0 Å². The first kappa shape index (κ1) is 12.6. The minimum absolute atomic E-state index is 0.0289. The van der Waals surface area contributed by atoms with E-state index in [2.05, 4.69) is 0 Å². The lowest BCUT2D eigenvalue weighted by Gasteiger charge is -2.31. The highest BCUT2D eigenvalue weighted by Gasteiger charge is 2.24. The molecular formula is C11H19NO5. The molecule has 2 saturated heterocycles. The predicted molar refractivity (Wildman–Crippen MR) is 59.1 cm³/mol. The van der Waals surface area contributed by atoms with Crippen molar-refractivity contribution in [3.8, 4) is 0 Å². The molecule has 2 rings (SSSR count). The molecule has 0 bridgehead atoms. The van der Waals surface area contributed by atoms with Gasteiger partial charge in [0, 0.05) is 13.1 Å². The van der Waals surface area contributed by atoms with E-state index in [1.165, 1.54) is 4.90 Å². The third-order valence-electron chi connectivity index (χ3n) is 3.12. The molecule has 17 heavy (non-hydrogen) atoms. The fourth-order valence-corrected chi connectivity index (χ4v) is 2.09. The van der Waals surface area contributed by atoms with Gasteiger partial charge in [0.2, 0.25) is 0 Å². The Morgan fingerprint density at radius 2 is 2.12 bits per heavy atom. The maximum Gasteiger partial charge on any atom is 0.407 e. The summed E-state index contributed by atoms with van der Waals surface area (Å²) in [5.74, 6) is 0. The number of rotatable bonds is 3. The van der Waals surface area contributed by atoms with Crippen LogP contribution in [0.5, 0.6) is 0 Å². The maximum atomic E-state index is 10.7. The monoisotopic (exact) mass is 245 g/mol. The molecule has 0 aromatic rings. The first-order valence-corrected chi connectivity index (χ1v) is 6.04. The third kappa shape index (κ3) is 3.83. The number of carbonyl (C=O) groups is 1. The summed E-state index contributed by atoms with van der Waals surface area (Å²) in [6, 6.07) is 0. The average molecular weight is 245 g/mol. The maximum absolute atomic E-state index is 10.7. The SMILES string of the molecule is O=C(O)N1CCC(OC[C@H]2COCCO2)CC1. The largest absolute Gasteiger partial charge is 0.465 e. The Kier molecular flexibility index (Phi) is 4.58. The van der Waals surface area contributed by atoms with E-state index in [0.29, 0.717) is 39.5 Å². The highest BCUT2D eigenvalue weighted by molar-refractivity contribution is 5.64. The van der Waals surface area contributed by atoms with Gasteiger partial charge in [0.05, 0.1) is 32.5 Å². The van der Waals surface area contributed by atoms with Gasteiger partial charge in [-0.05, 0) is 12.8 Å². The van der Waals surface area contributed by atoms with E-state index in [1.54, 1.807) is 0 Å². The Hall–Kier alpha value is -0.850. The van der Waals surface area contributed by atoms with Gasteiger partial charge in [-0.25, -0.2) is 4.79 Å². The normalized spacial score (nSPS) is 27.1. The van der Waals surface area contributed by atoms with E-state index in [-0.39, 0.29) is 12.2 Å². The van der Waals surface area contributed by atoms with Crippen LogP contribution in [0.1, 0.15) is 12.8 Å². The van der Waals surface area contributed by atoms with Crippen LogP contribution in [0, 0.1) is 0 Å². The summed E-state index contributed by atoms with van der Waals surface area (Å²) in [6.07, 6.45) is 0.865. The van der Waals surface area contributed by atoms with Gasteiger partial charge in [0.15, 0.2) is 0 Å². The number of carboxylic acid groups (broad SMARTS) is 1. The van der Waals surface area contributed by atoms with Crippen molar-refractivity contribution in [1.82, 2.24) is 4.90 Å². The van der Waals surface area contributed by atoms with Gasteiger partial charge in [-0.15, -0.1) is 0 Å². The smallest absolute Gasteiger partial charge is 0.407 e. The zero-order valence-corrected chi connectivity index (χ0v) is 9.84. The molecule has 1 N–H and O–H groups in total. The van der Waals surface area contributed by atoms with Crippen LogP contribution in [0.3, 0.4) is 0 Å². The van der Waals surface area contributed by atoms with Crippen LogP contribution in [0.2, 0.25) is 0 Å². The van der Waals surface area contributed by atoms with E-state index in [4.69, 9.17) is 19.3 Å². The summed E-state index contributed by atoms with van der Waals surface area (Å²) < 4.78 is 16.5. The zero-order valence-electron chi connectivity index (χ0n) is 9.84. The van der Waals surface area contributed by atoms with Crippen molar-refractivity contribution < 1.29 is 24.1 Å². The van der Waals surface area contributed by atoms with Gasteiger partial charge in [-0.1, -0.05) is 0 Å². The van der Waals surface area contributed by atoms with Gasteiger partial charge in [0.1, 0.15) is 6.10 Å². The van der Waals surface area contributed by atoms with E-state index in [1.807, 2.05) is 0 Å². The topological polar surface area (TPSA) is 68.2 Å². The summed E-state index contributed by atoms with van der Waals surface area (Å²) in [6.45, 7) is 3.54. The molecule has 2 heterocycles. The molecule has 98 valence electrons. The van der Waals surface area contributed by atoms with E-state index < -0.39 is 6.09 Å². The molecule has 0 spiro atoms. The lowest BCUT2D eigenvalue weighted by Crippen LogP contribution is -2.41. The van der Waals surface area contributed by atoms with Gasteiger partial charge in [-0.3, -0.25) is 0 Å². The molecule has 1 atom stereocenters. The van der Waals surface area contributed by atoms with Gasteiger partial charge >= 0.3 is 6.09 Å². The number of likely N-dealkylation sites (tertiary alicyclic amines) is 1. The Morgan fingerprint density at radius 1 is 1.35 bits per heavy atom. The molecule has 6 heteroatoms. The van der Waals surface area contributed by atoms with Crippen molar-refractivity contribution in [2.75, 3.05) is 39.5 Å². The van der Waals surface area contributed by atoms with Crippen LogP contribution >= 0.6 is 0 Å². The van der Waals surface area contributed by atoms with Gasteiger partial charge in [0.25, 0.3) is 0 Å². The average Bonchev–Trinajstić information content (AvgIpc) is 2.38. The molecule has 0 radical (unpaired) electrons. The Labute approximate surface area is 100 Å². The van der Waals surface area contributed by atoms with E-state index in [9.17, 15) is 4.79 Å². The Balaban J connectivity index is 1.62. The first-order valence-electron chi connectivity index (χ1n) is 6.04. The predicted octanol–water partition coefficient (Wildman–Crippen LogP) is 0.561. The Morgan fingerprint density at radius 3 is 2.71 bits per heavy atom. The second-order valence-electron chi connectivity index (χ2n) is 4.37. The fraction of sp³-hybridized carbons (Fsp3) is 0.909. The number of nitrogens with zero attached hydrogens (tertiary/aromatic N) is 1. The fourth-order valence-electron chi connectivity index (χ4n) is 2.09.